The summed E-state index contributed by atoms with van der Waals surface area (Å²) in [5.74, 6) is -0.994. The monoisotopic (exact) mass is 873 g/mol. The normalized spacial score (nSPS) is 12.5. The molecule has 1 aliphatic rings. The van der Waals surface area contributed by atoms with Crippen molar-refractivity contribution in [3.63, 3.8) is 0 Å². The zero-order valence-electron chi connectivity index (χ0n) is 34.3. The number of anilines is 3. The molecule has 0 spiro atoms. The molecule has 0 saturated carbocycles. The first-order valence-corrected chi connectivity index (χ1v) is 22.4. The summed E-state index contributed by atoms with van der Waals surface area (Å²) in [5, 5.41) is 28.3. The Morgan fingerprint density at radius 3 is 2.36 bits per heavy atom. The van der Waals surface area contributed by atoms with Gasteiger partial charge in [-0.15, -0.1) is 0 Å². The van der Waals surface area contributed by atoms with Crippen molar-refractivity contribution in [3.05, 3.63) is 71.9 Å². The van der Waals surface area contributed by atoms with Gasteiger partial charge in [0.15, 0.2) is 5.78 Å². The van der Waals surface area contributed by atoms with Gasteiger partial charge < -0.3 is 25.4 Å². The number of Topliss-reactive ketones (excluding diaryl/α,β-unsaturated/α-hetero) is 2. The van der Waals surface area contributed by atoms with E-state index in [0.717, 1.165) is 21.7 Å². The number of imide groups is 1. The van der Waals surface area contributed by atoms with Gasteiger partial charge in [-0.05, 0) is 50.5 Å². The molecular formula is C43H51N7O9S2. The summed E-state index contributed by atoms with van der Waals surface area (Å²) in [6, 6.07) is 16.5. The number of ketones is 2. The molecule has 18 heteroatoms. The molecule has 1 aromatic heterocycles. The highest BCUT2D eigenvalue weighted by Gasteiger charge is 2.22. The molecule has 3 aromatic rings. The molecule has 4 N–H and O–H groups in total. The van der Waals surface area contributed by atoms with Crippen molar-refractivity contribution in [1.82, 2.24) is 20.5 Å². The molecule has 1 aliphatic heterocycles. The zero-order chi connectivity index (χ0) is 44.1. The first-order valence-electron chi connectivity index (χ1n) is 20.0. The Balaban J connectivity index is 1.02. The number of carbonyl (C=O) groups is 7. The minimum Gasteiger partial charge on any atom is -0.448 e. The summed E-state index contributed by atoms with van der Waals surface area (Å²) < 4.78 is 5.46. The second-order valence-electron chi connectivity index (χ2n) is 14.2. The van der Waals surface area contributed by atoms with Gasteiger partial charge in [0.05, 0.1) is 30.0 Å². The fourth-order valence-corrected chi connectivity index (χ4v) is 8.28. The standard InChI is InChI=1S/C43H51N7O9S2/c1-29(28-59-43(58)48-37-24-32(13-12-30(37)27-51)49(2)38-23-31(25-44)47-36-11-6-5-10-35(36)38)61-60-22-8-20-45-39(54)17-15-34(53)26-46-40(55)16-14-33(52)9-4-3-7-21-50-41(56)18-19-42(50)57/h5-6,10-13,18-19,23-24,29,51H,3-4,7-9,14-17,20-22,26-28H2,1-2H3,(H,45,54)(H,46,55)(H,48,58). The first kappa shape index (κ1) is 47.9. The van der Waals surface area contributed by atoms with Crippen LogP contribution < -0.4 is 20.9 Å². The fourth-order valence-electron chi connectivity index (χ4n) is 6.06. The first-order chi connectivity index (χ1) is 29.4. The van der Waals surface area contributed by atoms with Crippen LogP contribution in [0.2, 0.25) is 0 Å². The van der Waals surface area contributed by atoms with Gasteiger partial charge in [0.1, 0.15) is 24.2 Å². The number of unbranched alkanes of at least 4 members (excludes halogenated alkanes) is 2. The highest BCUT2D eigenvalue weighted by atomic mass is 33.1. The molecule has 1 atom stereocenters. The molecule has 61 heavy (non-hydrogen) atoms. The number of hydrogen-bond donors (Lipinski definition) is 4. The van der Waals surface area contributed by atoms with Crippen molar-refractivity contribution < 1.29 is 43.4 Å². The van der Waals surface area contributed by atoms with Crippen molar-refractivity contribution in [2.24, 2.45) is 0 Å². The van der Waals surface area contributed by atoms with E-state index in [1.165, 1.54) is 22.9 Å². The summed E-state index contributed by atoms with van der Waals surface area (Å²) in [6.07, 6.45) is 4.61. The van der Waals surface area contributed by atoms with Crippen molar-refractivity contribution >= 4 is 90.8 Å². The number of fused-ring (bicyclic) bond motifs is 1. The van der Waals surface area contributed by atoms with Gasteiger partial charge in [-0.2, -0.15) is 5.26 Å². The molecule has 4 rings (SSSR count). The van der Waals surface area contributed by atoms with E-state index in [1.54, 1.807) is 29.0 Å². The number of para-hydroxylation sites is 1. The molecule has 5 amide bonds. The van der Waals surface area contributed by atoms with E-state index in [0.29, 0.717) is 67.6 Å². The minimum absolute atomic E-state index is 0.00594. The average molecular weight is 874 g/mol. The lowest BCUT2D eigenvalue weighted by atomic mass is 10.1. The molecule has 1 unspecified atom stereocenters. The topological polar surface area (TPSA) is 228 Å². The van der Waals surface area contributed by atoms with E-state index in [2.05, 4.69) is 27.0 Å². The van der Waals surface area contributed by atoms with Crippen LogP contribution in [-0.4, -0.2) is 101 Å². The maximum atomic E-state index is 12.8. The highest BCUT2D eigenvalue weighted by molar-refractivity contribution is 8.76. The molecule has 324 valence electrons. The van der Waals surface area contributed by atoms with Crippen LogP contribution in [0.5, 0.6) is 0 Å². The van der Waals surface area contributed by atoms with Crippen molar-refractivity contribution in [1.29, 1.82) is 5.26 Å². The Morgan fingerprint density at radius 1 is 0.902 bits per heavy atom. The van der Waals surface area contributed by atoms with Gasteiger partial charge in [-0.1, -0.05) is 52.3 Å². The smallest absolute Gasteiger partial charge is 0.411 e. The number of aliphatic hydroxyl groups excluding tert-OH is 1. The van der Waals surface area contributed by atoms with E-state index < -0.39 is 12.0 Å². The quantitative estimate of drug-likeness (QED) is 0.0444. The SMILES string of the molecule is CC(COC(=O)Nc1cc(N(C)c2cc(C#N)nc3ccccc23)ccc1CO)SSCCCNC(=O)CCC(=O)CNC(=O)CCC(=O)CCCCCN1C(=O)C=CC1=O. The molecule has 0 bridgehead atoms. The van der Waals surface area contributed by atoms with Crippen LogP contribution in [0.15, 0.2) is 60.7 Å². The fraction of sp³-hybridized carbons (Fsp3) is 0.419. The lowest BCUT2D eigenvalue weighted by molar-refractivity contribution is -0.137. The number of aromatic nitrogens is 1. The molecular weight excluding hydrogens is 823 g/mol. The van der Waals surface area contributed by atoms with E-state index in [1.807, 2.05) is 49.2 Å². The largest absolute Gasteiger partial charge is 0.448 e. The van der Waals surface area contributed by atoms with E-state index in [-0.39, 0.29) is 85.7 Å². The minimum atomic E-state index is -0.670. The third-order valence-electron chi connectivity index (χ3n) is 9.45. The van der Waals surface area contributed by atoms with Crippen LogP contribution in [-0.2, 0) is 40.1 Å². The molecule has 0 radical (unpaired) electrons. The third-order valence-corrected chi connectivity index (χ3v) is 12.4. The van der Waals surface area contributed by atoms with Gasteiger partial charge in [0, 0.05) is 92.0 Å². The van der Waals surface area contributed by atoms with Gasteiger partial charge >= 0.3 is 6.09 Å². The Morgan fingerprint density at radius 2 is 1.62 bits per heavy atom. The average Bonchev–Trinajstić information content (AvgIpc) is 3.58. The molecule has 16 nitrogen and oxygen atoms in total. The highest BCUT2D eigenvalue weighted by Crippen LogP contribution is 2.34. The number of benzene rings is 2. The summed E-state index contributed by atoms with van der Waals surface area (Å²) in [4.78, 5) is 91.9. The maximum absolute atomic E-state index is 12.8. The number of nitriles is 1. The third kappa shape index (κ3) is 16.0. The second-order valence-corrected chi connectivity index (χ2v) is 17.1. The molecule has 0 fully saturated rings. The Hall–Kier alpha value is -5.77. The molecule has 0 aliphatic carbocycles. The van der Waals surface area contributed by atoms with Gasteiger partial charge in [-0.3, -0.25) is 39.0 Å². The molecule has 2 heterocycles. The molecule has 2 aromatic carbocycles. The summed E-state index contributed by atoms with van der Waals surface area (Å²) >= 11 is 0. The predicted molar refractivity (Wildman–Crippen MR) is 235 cm³/mol. The second kappa shape index (κ2) is 25.1. The van der Waals surface area contributed by atoms with Crippen LogP contribution >= 0.6 is 21.6 Å². The molecule has 0 saturated heterocycles. The van der Waals surface area contributed by atoms with Gasteiger partial charge in [0.25, 0.3) is 11.8 Å². The number of nitrogens with one attached hydrogen (secondary N) is 3. The van der Waals surface area contributed by atoms with E-state index in [9.17, 15) is 43.9 Å². The Bertz CT molecular complexity index is 2120. The lowest BCUT2D eigenvalue weighted by Crippen LogP contribution is -2.31. The Kier molecular flexibility index (Phi) is 19.7. The lowest BCUT2D eigenvalue weighted by Gasteiger charge is -2.23. The Labute approximate surface area is 362 Å². The number of aliphatic hydroxyl groups is 1. The van der Waals surface area contributed by atoms with E-state index in [4.69, 9.17) is 4.74 Å². The number of nitrogens with zero attached hydrogens (tertiary/aromatic N) is 4. The summed E-state index contributed by atoms with van der Waals surface area (Å²) in [6.45, 7) is 2.27. The van der Waals surface area contributed by atoms with Gasteiger partial charge in [-0.25, -0.2) is 9.78 Å². The van der Waals surface area contributed by atoms with Crippen molar-refractivity contribution in [3.8, 4) is 6.07 Å². The number of pyridine rings is 1. The van der Waals surface area contributed by atoms with Crippen LogP contribution in [0.25, 0.3) is 10.9 Å². The number of hydrogen-bond acceptors (Lipinski definition) is 14. The van der Waals surface area contributed by atoms with Crippen LogP contribution in [0.4, 0.5) is 21.9 Å². The van der Waals surface area contributed by atoms with Crippen molar-refractivity contribution in [2.45, 2.75) is 76.6 Å². The van der Waals surface area contributed by atoms with Crippen LogP contribution in [0.3, 0.4) is 0 Å². The predicted octanol–water partition coefficient (Wildman–Crippen LogP) is 5.49. The van der Waals surface area contributed by atoms with Crippen molar-refractivity contribution in [2.75, 3.05) is 49.3 Å². The van der Waals surface area contributed by atoms with E-state index >= 15 is 0 Å². The number of amides is 5. The summed E-state index contributed by atoms with van der Waals surface area (Å²) in [5.41, 5.74) is 3.30. The number of ether oxygens (including phenoxy) is 1. The van der Waals surface area contributed by atoms with Gasteiger partial charge in [0.2, 0.25) is 11.8 Å². The van der Waals surface area contributed by atoms with Crippen LogP contribution in [0.1, 0.15) is 76.0 Å². The summed E-state index contributed by atoms with van der Waals surface area (Å²) in [7, 11) is 4.96. The number of carbonyl (C=O) groups excluding carboxylic acids is 7. The zero-order valence-corrected chi connectivity index (χ0v) is 35.9. The number of rotatable bonds is 26. The maximum Gasteiger partial charge on any atom is 0.411 e. The van der Waals surface area contributed by atoms with Crippen LogP contribution in [0, 0.1) is 11.3 Å².